The second-order valence-corrected chi connectivity index (χ2v) is 4.96. The van der Waals surface area contributed by atoms with Gasteiger partial charge in [0.1, 0.15) is 0 Å². The van der Waals surface area contributed by atoms with Crippen molar-refractivity contribution in [2.24, 2.45) is 0 Å². The Labute approximate surface area is 126 Å². The summed E-state index contributed by atoms with van der Waals surface area (Å²) < 4.78 is 5.61. The highest BCUT2D eigenvalue weighted by atomic mass is 16.5. The van der Waals surface area contributed by atoms with Gasteiger partial charge in [0.25, 0.3) is 0 Å². The molecule has 1 N–H and O–H groups in total. The number of aryl methyl sites for hydroxylation is 1. The van der Waals surface area contributed by atoms with Gasteiger partial charge in [-0.25, -0.2) is 4.98 Å². The van der Waals surface area contributed by atoms with Crippen molar-refractivity contribution in [2.45, 2.75) is 32.7 Å². The molecule has 0 amide bonds. The second kappa shape index (κ2) is 9.08. The Morgan fingerprint density at radius 1 is 1.10 bits per heavy atom. The van der Waals surface area contributed by atoms with Crippen LogP contribution in [0.15, 0.2) is 42.7 Å². The zero-order chi connectivity index (χ0) is 14.8. The van der Waals surface area contributed by atoms with Gasteiger partial charge in [-0.05, 0) is 31.4 Å². The lowest BCUT2D eigenvalue weighted by molar-refractivity contribution is 0.297. The number of hydrogen-bond acceptors (Lipinski definition) is 4. The maximum Gasteiger partial charge on any atom is 0.232 e. The Bertz CT molecular complexity index is 499. The van der Waals surface area contributed by atoms with Gasteiger partial charge in [-0.2, -0.15) is 0 Å². The van der Waals surface area contributed by atoms with E-state index in [0.29, 0.717) is 12.5 Å². The van der Waals surface area contributed by atoms with Crippen LogP contribution in [0.3, 0.4) is 0 Å². The van der Waals surface area contributed by atoms with Crippen LogP contribution in [0.25, 0.3) is 0 Å². The van der Waals surface area contributed by atoms with Crippen LogP contribution in [0.2, 0.25) is 0 Å². The van der Waals surface area contributed by atoms with Gasteiger partial charge in [-0.3, -0.25) is 4.98 Å². The number of ether oxygens (including phenoxy) is 1. The summed E-state index contributed by atoms with van der Waals surface area (Å²) in [5.41, 5.74) is 2.28. The molecule has 0 unspecified atom stereocenters. The van der Waals surface area contributed by atoms with Crippen molar-refractivity contribution in [3.63, 3.8) is 0 Å². The van der Waals surface area contributed by atoms with Crippen molar-refractivity contribution in [3.8, 4) is 5.88 Å². The Morgan fingerprint density at radius 2 is 1.95 bits per heavy atom. The molecular weight excluding hydrogens is 262 g/mol. The van der Waals surface area contributed by atoms with Crippen LogP contribution in [0.1, 0.15) is 31.0 Å². The zero-order valence-corrected chi connectivity index (χ0v) is 12.6. The highest BCUT2D eigenvalue weighted by Crippen LogP contribution is 2.06. The van der Waals surface area contributed by atoms with E-state index in [9.17, 15) is 0 Å². The molecule has 2 rings (SSSR count). The van der Waals surface area contributed by atoms with Crippen LogP contribution < -0.4 is 10.1 Å². The van der Waals surface area contributed by atoms with Crippen molar-refractivity contribution in [1.29, 1.82) is 0 Å². The topological polar surface area (TPSA) is 47.0 Å². The average molecular weight is 285 g/mol. The van der Waals surface area contributed by atoms with Gasteiger partial charge in [0, 0.05) is 6.54 Å². The van der Waals surface area contributed by atoms with Crippen LogP contribution in [0.5, 0.6) is 5.88 Å². The molecule has 0 bridgehead atoms. The lowest BCUT2D eigenvalue weighted by atomic mass is 10.1. The van der Waals surface area contributed by atoms with Crippen LogP contribution in [-0.2, 0) is 13.0 Å². The molecule has 1 aromatic carbocycles. The van der Waals surface area contributed by atoms with Crippen LogP contribution in [-0.4, -0.2) is 23.1 Å². The quantitative estimate of drug-likeness (QED) is 0.720. The first-order valence-electron chi connectivity index (χ1n) is 7.57. The van der Waals surface area contributed by atoms with Crippen molar-refractivity contribution in [2.75, 3.05) is 13.2 Å². The highest BCUT2D eigenvalue weighted by molar-refractivity contribution is 5.14. The summed E-state index contributed by atoms with van der Waals surface area (Å²) in [6, 6.07) is 10.4. The van der Waals surface area contributed by atoms with E-state index in [0.717, 1.165) is 38.0 Å². The highest BCUT2D eigenvalue weighted by Gasteiger charge is 1.99. The Balaban J connectivity index is 1.66. The van der Waals surface area contributed by atoms with E-state index >= 15 is 0 Å². The molecule has 2 aromatic rings. The third-order valence-corrected chi connectivity index (χ3v) is 3.12. The van der Waals surface area contributed by atoms with E-state index in [1.54, 1.807) is 12.4 Å². The van der Waals surface area contributed by atoms with E-state index in [2.05, 4.69) is 46.5 Å². The SMILES string of the molecule is CCCNCc1cnc(OCCCc2ccccc2)cn1. The van der Waals surface area contributed by atoms with E-state index in [4.69, 9.17) is 4.74 Å². The monoisotopic (exact) mass is 285 g/mol. The largest absolute Gasteiger partial charge is 0.477 e. The molecule has 0 saturated heterocycles. The Hall–Kier alpha value is -1.94. The zero-order valence-electron chi connectivity index (χ0n) is 12.6. The minimum atomic E-state index is 0.599. The van der Waals surface area contributed by atoms with Crippen LogP contribution >= 0.6 is 0 Å². The summed E-state index contributed by atoms with van der Waals surface area (Å²) in [5, 5.41) is 3.30. The molecule has 21 heavy (non-hydrogen) atoms. The van der Waals surface area contributed by atoms with Gasteiger partial charge < -0.3 is 10.1 Å². The van der Waals surface area contributed by atoms with Gasteiger partial charge in [0.2, 0.25) is 5.88 Å². The summed E-state index contributed by atoms with van der Waals surface area (Å²) in [7, 11) is 0. The lowest BCUT2D eigenvalue weighted by Gasteiger charge is -2.06. The molecule has 4 heteroatoms. The summed E-state index contributed by atoms with van der Waals surface area (Å²) in [6.07, 6.45) is 6.59. The van der Waals surface area contributed by atoms with Crippen LogP contribution in [0.4, 0.5) is 0 Å². The molecule has 0 aliphatic heterocycles. The van der Waals surface area contributed by atoms with E-state index in [1.807, 2.05) is 6.07 Å². The Kier molecular flexibility index (Phi) is 6.68. The van der Waals surface area contributed by atoms with Gasteiger partial charge in [-0.15, -0.1) is 0 Å². The summed E-state index contributed by atoms with van der Waals surface area (Å²) in [4.78, 5) is 8.61. The third-order valence-electron chi connectivity index (χ3n) is 3.12. The maximum absolute atomic E-state index is 5.61. The summed E-state index contributed by atoms with van der Waals surface area (Å²) in [5.74, 6) is 0.599. The fraction of sp³-hybridized carbons (Fsp3) is 0.412. The first kappa shape index (κ1) is 15.4. The molecule has 0 fully saturated rings. The number of hydrogen-bond donors (Lipinski definition) is 1. The minimum absolute atomic E-state index is 0.599. The molecule has 0 radical (unpaired) electrons. The Morgan fingerprint density at radius 3 is 2.67 bits per heavy atom. The molecule has 4 nitrogen and oxygen atoms in total. The van der Waals surface area contributed by atoms with E-state index in [-0.39, 0.29) is 0 Å². The molecule has 0 saturated carbocycles. The van der Waals surface area contributed by atoms with Gasteiger partial charge in [0.05, 0.1) is 24.7 Å². The van der Waals surface area contributed by atoms with Gasteiger partial charge in [-0.1, -0.05) is 37.3 Å². The predicted molar refractivity (Wildman–Crippen MR) is 84.3 cm³/mol. The first-order chi connectivity index (χ1) is 10.4. The lowest BCUT2D eigenvalue weighted by Crippen LogP contribution is -2.15. The number of benzene rings is 1. The molecular formula is C17H23N3O. The minimum Gasteiger partial charge on any atom is -0.477 e. The van der Waals surface area contributed by atoms with Gasteiger partial charge >= 0.3 is 0 Å². The number of nitrogens with zero attached hydrogens (tertiary/aromatic N) is 2. The molecule has 1 heterocycles. The molecule has 0 aliphatic carbocycles. The van der Waals surface area contributed by atoms with Gasteiger partial charge in [0.15, 0.2) is 0 Å². The van der Waals surface area contributed by atoms with Crippen molar-refractivity contribution in [1.82, 2.24) is 15.3 Å². The number of nitrogens with one attached hydrogen (secondary N) is 1. The third kappa shape index (κ3) is 5.92. The summed E-state index contributed by atoms with van der Waals surface area (Å²) in [6.45, 7) is 4.57. The molecule has 1 aromatic heterocycles. The number of rotatable bonds is 9. The van der Waals surface area contributed by atoms with Crippen molar-refractivity contribution in [3.05, 3.63) is 54.0 Å². The second-order valence-electron chi connectivity index (χ2n) is 4.96. The fourth-order valence-electron chi connectivity index (χ4n) is 2.00. The molecule has 0 aliphatic rings. The average Bonchev–Trinajstić information content (AvgIpc) is 2.54. The fourth-order valence-corrected chi connectivity index (χ4v) is 2.00. The smallest absolute Gasteiger partial charge is 0.232 e. The van der Waals surface area contributed by atoms with E-state index in [1.165, 1.54) is 5.56 Å². The van der Waals surface area contributed by atoms with Crippen molar-refractivity contribution < 1.29 is 4.74 Å². The maximum atomic E-state index is 5.61. The molecule has 0 spiro atoms. The van der Waals surface area contributed by atoms with Crippen LogP contribution in [0, 0.1) is 0 Å². The molecule has 0 atom stereocenters. The summed E-state index contributed by atoms with van der Waals surface area (Å²) >= 11 is 0. The predicted octanol–water partition coefficient (Wildman–Crippen LogP) is 2.99. The van der Waals surface area contributed by atoms with E-state index < -0.39 is 0 Å². The standard InChI is InChI=1S/C17H23N3O/c1-2-10-18-12-16-13-20-17(14-19-16)21-11-6-9-15-7-4-3-5-8-15/h3-5,7-8,13-14,18H,2,6,9-12H2,1H3. The number of aromatic nitrogens is 2. The molecule has 112 valence electrons. The van der Waals surface area contributed by atoms with Crippen molar-refractivity contribution >= 4 is 0 Å². The first-order valence-corrected chi connectivity index (χ1v) is 7.57. The normalized spacial score (nSPS) is 10.5.